The van der Waals surface area contributed by atoms with Gasteiger partial charge in [0, 0.05) is 12.3 Å². The van der Waals surface area contributed by atoms with Crippen molar-refractivity contribution in [3.63, 3.8) is 0 Å². The molecule has 84 valence electrons. The van der Waals surface area contributed by atoms with E-state index in [1.807, 2.05) is 11.4 Å². The molecule has 1 nitrogen and oxygen atoms in total. The van der Waals surface area contributed by atoms with Crippen molar-refractivity contribution >= 4 is 28.7 Å². The molecule has 0 saturated heterocycles. The van der Waals surface area contributed by atoms with Crippen molar-refractivity contribution in [3.05, 3.63) is 0 Å². The van der Waals surface area contributed by atoms with Crippen molar-refractivity contribution in [1.29, 1.82) is 0 Å². The average Bonchev–Trinajstić information content (AvgIpc) is 2.20. The molecule has 0 aromatic heterocycles. The second-order valence-electron chi connectivity index (χ2n) is 3.67. The molecule has 1 aliphatic rings. The molecule has 1 atom stereocenters. The minimum atomic E-state index is -1.54. The van der Waals surface area contributed by atoms with Crippen LogP contribution in [0.3, 0.4) is 0 Å². The van der Waals surface area contributed by atoms with E-state index in [4.69, 9.17) is 16.3 Å². The minimum absolute atomic E-state index is 0.705. The predicted molar refractivity (Wildman–Crippen MR) is 70.9 cm³/mol. The maximum Gasteiger partial charge on any atom is 0.122 e. The third-order valence-corrected chi connectivity index (χ3v) is 10.5. The first-order valence-electron chi connectivity index (χ1n) is 5.61. The van der Waals surface area contributed by atoms with E-state index in [1.165, 1.54) is 32.1 Å². The van der Waals surface area contributed by atoms with Crippen LogP contribution < -0.4 is 0 Å². The van der Waals surface area contributed by atoms with Crippen LogP contribution in [0.1, 0.15) is 46.0 Å². The molecule has 0 aromatic rings. The maximum atomic E-state index is 5.90. The fourth-order valence-electron chi connectivity index (χ4n) is 2.01. The summed E-state index contributed by atoms with van der Waals surface area (Å²) in [6, 6.07) is 0. The van der Waals surface area contributed by atoms with Crippen LogP contribution in [0, 0.1) is 0 Å². The fraction of sp³-hybridized carbons (Fsp3) is 1.00. The topological polar surface area (TPSA) is 9.23 Å². The standard InChI is InChI=1S/C10H21OPS2/c1-3-11-12(13,14-4-2)10-8-6-5-7-9-10/h10H,3-9H2,1-2H3. The first-order valence-corrected chi connectivity index (χ1v) is 9.99. The van der Waals surface area contributed by atoms with E-state index in [2.05, 4.69) is 13.8 Å². The molecular weight excluding hydrogens is 231 g/mol. The summed E-state index contributed by atoms with van der Waals surface area (Å²) in [7, 11) is 0. The number of hydrogen-bond acceptors (Lipinski definition) is 3. The summed E-state index contributed by atoms with van der Waals surface area (Å²) in [5.74, 6) is 1.10. The Hall–Kier alpha value is 0.960. The van der Waals surface area contributed by atoms with Gasteiger partial charge in [-0.15, -0.1) is 0 Å². The molecule has 0 spiro atoms. The van der Waals surface area contributed by atoms with E-state index < -0.39 is 5.47 Å². The molecular formula is C10H21OPS2. The molecule has 1 rings (SSSR count). The fourth-order valence-corrected chi connectivity index (χ4v) is 9.00. The molecule has 0 radical (unpaired) electrons. The Morgan fingerprint density at radius 2 is 1.93 bits per heavy atom. The molecule has 4 heteroatoms. The lowest BCUT2D eigenvalue weighted by atomic mass is 10.0. The van der Waals surface area contributed by atoms with Gasteiger partial charge >= 0.3 is 0 Å². The van der Waals surface area contributed by atoms with E-state index in [-0.39, 0.29) is 0 Å². The molecule has 1 fully saturated rings. The molecule has 14 heavy (non-hydrogen) atoms. The van der Waals surface area contributed by atoms with Crippen molar-refractivity contribution < 1.29 is 4.52 Å². The highest BCUT2D eigenvalue weighted by Crippen LogP contribution is 2.66. The molecule has 0 N–H and O–H groups in total. The van der Waals surface area contributed by atoms with Crippen LogP contribution in [-0.4, -0.2) is 18.0 Å². The van der Waals surface area contributed by atoms with Gasteiger partial charge in [0.2, 0.25) is 0 Å². The molecule has 0 heterocycles. The summed E-state index contributed by atoms with van der Waals surface area (Å²) in [4.78, 5) is 0. The molecule has 1 aliphatic carbocycles. The average molecular weight is 252 g/mol. The lowest BCUT2D eigenvalue weighted by molar-refractivity contribution is 0.369. The Balaban J connectivity index is 2.59. The lowest BCUT2D eigenvalue weighted by Gasteiger charge is -2.32. The Morgan fingerprint density at radius 3 is 2.43 bits per heavy atom. The Labute approximate surface area is 97.2 Å². The van der Waals surface area contributed by atoms with Gasteiger partial charge in [-0.1, -0.05) is 49.4 Å². The van der Waals surface area contributed by atoms with E-state index in [0.29, 0.717) is 5.66 Å². The van der Waals surface area contributed by atoms with Gasteiger partial charge in [0.25, 0.3) is 0 Å². The third-order valence-electron chi connectivity index (χ3n) is 2.64. The zero-order valence-electron chi connectivity index (χ0n) is 9.20. The van der Waals surface area contributed by atoms with Gasteiger partial charge in [0.1, 0.15) is 5.47 Å². The summed E-state index contributed by atoms with van der Waals surface area (Å²) in [5, 5.41) is 0. The molecule has 0 aromatic carbocycles. The van der Waals surface area contributed by atoms with Gasteiger partial charge in [-0.05, 0) is 25.5 Å². The van der Waals surface area contributed by atoms with Crippen molar-refractivity contribution in [3.8, 4) is 0 Å². The van der Waals surface area contributed by atoms with Crippen LogP contribution in [0.25, 0.3) is 0 Å². The monoisotopic (exact) mass is 252 g/mol. The molecule has 0 amide bonds. The summed E-state index contributed by atoms with van der Waals surface area (Å²) >= 11 is 7.69. The van der Waals surface area contributed by atoms with E-state index in [1.54, 1.807) is 0 Å². The zero-order valence-corrected chi connectivity index (χ0v) is 11.7. The molecule has 0 bridgehead atoms. The largest absolute Gasteiger partial charge is 0.341 e. The lowest BCUT2D eigenvalue weighted by Crippen LogP contribution is -2.13. The highest BCUT2D eigenvalue weighted by molar-refractivity contribution is 8.69. The summed E-state index contributed by atoms with van der Waals surface area (Å²) in [6.45, 7) is 5.05. The first kappa shape index (κ1) is 13.0. The first-order chi connectivity index (χ1) is 6.73. The van der Waals surface area contributed by atoms with Crippen LogP contribution in [0.2, 0.25) is 0 Å². The van der Waals surface area contributed by atoms with E-state index in [9.17, 15) is 0 Å². The molecule has 1 saturated carbocycles. The summed E-state index contributed by atoms with van der Waals surface area (Å²) < 4.78 is 5.90. The SMILES string of the molecule is CCOP(=S)(SCC)C1CCCCC1. The second-order valence-corrected chi connectivity index (χ2v) is 11.3. The van der Waals surface area contributed by atoms with Gasteiger partial charge in [0.05, 0.1) is 0 Å². The highest BCUT2D eigenvalue weighted by Gasteiger charge is 2.30. The van der Waals surface area contributed by atoms with Crippen LogP contribution >= 0.6 is 16.8 Å². The van der Waals surface area contributed by atoms with Crippen molar-refractivity contribution in [2.24, 2.45) is 0 Å². The Morgan fingerprint density at radius 1 is 1.29 bits per heavy atom. The Kier molecular flexibility index (Phi) is 6.07. The van der Waals surface area contributed by atoms with Gasteiger partial charge in [-0.2, -0.15) is 0 Å². The van der Waals surface area contributed by atoms with Gasteiger partial charge < -0.3 is 4.52 Å². The van der Waals surface area contributed by atoms with Crippen LogP contribution in [-0.2, 0) is 16.3 Å². The quantitative estimate of drug-likeness (QED) is 0.670. The highest BCUT2D eigenvalue weighted by atomic mass is 32.9. The molecule has 1 unspecified atom stereocenters. The number of hydrogen-bond donors (Lipinski definition) is 0. The molecule has 0 aliphatic heterocycles. The van der Waals surface area contributed by atoms with Crippen LogP contribution in [0.4, 0.5) is 0 Å². The third kappa shape index (κ3) is 3.52. The van der Waals surface area contributed by atoms with Crippen molar-refractivity contribution in [1.82, 2.24) is 0 Å². The van der Waals surface area contributed by atoms with Crippen LogP contribution in [0.15, 0.2) is 0 Å². The second kappa shape index (κ2) is 6.52. The predicted octanol–water partition coefficient (Wildman–Crippen LogP) is 4.42. The maximum absolute atomic E-state index is 5.90. The van der Waals surface area contributed by atoms with Crippen molar-refractivity contribution in [2.75, 3.05) is 12.4 Å². The summed E-state index contributed by atoms with van der Waals surface area (Å²) in [5.41, 5.74) is -0.840. The van der Waals surface area contributed by atoms with Gasteiger partial charge in [0.15, 0.2) is 0 Å². The minimum Gasteiger partial charge on any atom is -0.341 e. The Bertz CT molecular complexity index is 192. The van der Waals surface area contributed by atoms with E-state index in [0.717, 1.165) is 12.4 Å². The van der Waals surface area contributed by atoms with Crippen molar-refractivity contribution in [2.45, 2.75) is 51.6 Å². The smallest absolute Gasteiger partial charge is 0.122 e. The normalized spacial score (nSPS) is 23.3. The van der Waals surface area contributed by atoms with Gasteiger partial charge in [-0.3, -0.25) is 0 Å². The zero-order chi connectivity index (χ0) is 10.4. The van der Waals surface area contributed by atoms with E-state index >= 15 is 0 Å². The summed E-state index contributed by atoms with van der Waals surface area (Å²) in [6.07, 6.45) is 6.74. The van der Waals surface area contributed by atoms with Crippen LogP contribution in [0.5, 0.6) is 0 Å². The number of rotatable bonds is 5. The van der Waals surface area contributed by atoms with Gasteiger partial charge in [-0.25, -0.2) is 0 Å².